The molecule has 0 bridgehead atoms. The number of hydrogen-bond donors (Lipinski definition) is 1. The van der Waals surface area contributed by atoms with Gasteiger partial charge in [-0.2, -0.15) is 4.31 Å². The number of sulfonamides is 1. The van der Waals surface area contributed by atoms with Crippen molar-refractivity contribution in [3.8, 4) is 0 Å². The van der Waals surface area contributed by atoms with Crippen molar-refractivity contribution in [3.63, 3.8) is 0 Å². The van der Waals surface area contributed by atoms with Crippen LogP contribution in [0.25, 0.3) is 0 Å². The average molecular weight is 449 g/mol. The Balaban J connectivity index is 1.78. The second kappa shape index (κ2) is 9.19. The van der Waals surface area contributed by atoms with Gasteiger partial charge < -0.3 is 14.6 Å². The van der Waals surface area contributed by atoms with Crippen LogP contribution in [0.3, 0.4) is 0 Å². The minimum absolute atomic E-state index is 0.0117. The van der Waals surface area contributed by atoms with Crippen molar-refractivity contribution < 1.29 is 22.7 Å². The van der Waals surface area contributed by atoms with Gasteiger partial charge in [-0.1, -0.05) is 6.07 Å². The van der Waals surface area contributed by atoms with E-state index in [9.17, 15) is 18.0 Å². The lowest BCUT2D eigenvalue weighted by molar-refractivity contribution is -0.120. The van der Waals surface area contributed by atoms with Crippen molar-refractivity contribution in [3.05, 3.63) is 41.3 Å². The molecule has 1 amide bonds. The number of carbonyl (C=O) groups excluding carboxylic acids is 2. The molecule has 0 saturated carbocycles. The summed E-state index contributed by atoms with van der Waals surface area (Å²) < 4.78 is 35.1. The summed E-state index contributed by atoms with van der Waals surface area (Å²) in [4.78, 5) is 29.1. The van der Waals surface area contributed by atoms with Crippen LogP contribution in [0.15, 0.2) is 29.3 Å². The quantitative estimate of drug-likeness (QED) is 0.679. The first-order chi connectivity index (χ1) is 14.7. The zero-order valence-electron chi connectivity index (χ0n) is 18.2. The van der Waals surface area contributed by atoms with Crippen molar-refractivity contribution in [1.82, 2.24) is 13.9 Å². The Labute approximate surface area is 182 Å². The van der Waals surface area contributed by atoms with Gasteiger partial charge >= 0.3 is 5.97 Å². The maximum Gasteiger partial charge on any atom is 0.341 e. The fraction of sp³-hybridized carbons (Fsp3) is 0.476. The number of nitrogens with one attached hydrogen (secondary N) is 1. The lowest BCUT2D eigenvalue weighted by Crippen LogP contribution is -2.42. The molecule has 0 aliphatic carbocycles. The van der Waals surface area contributed by atoms with E-state index < -0.39 is 16.0 Å². The second-order valence-electron chi connectivity index (χ2n) is 7.54. The van der Waals surface area contributed by atoms with Crippen LogP contribution in [-0.4, -0.2) is 53.8 Å². The molecule has 0 radical (unpaired) electrons. The van der Waals surface area contributed by atoms with Crippen LogP contribution in [0, 0.1) is 19.8 Å². The summed E-state index contributed by atoms with van der Waals surface area (Å²) in [5.74, 6) is -0.657. The first kappa shape index (κ1) is 23.0. The molecule has 1 saturated heterocycles. The van der Waals surface area contributed by atoms with Gasteiger partial charge in [-0.15, -0.1) is 0 Å². The molecule has 1 N–H and O–H groups in total. The van der Waals surface area contributed by atoms with Gasteiger partial charge in [0.2, 0.25) is 15.9 Å². The monoisotopic (exact) mass is 448 g/mol. The van der Waals surface area contributed by atoms with Crippen LogP contribution < -0.4 is 5.32 Å². The van der Waals surface area contributed by atoms with Crippen LogP contribution in [0.5, 0.6) is 0 Å². The summed E-state index contributed by atoms with van der Waals surface area (Å²) in [6.45, 7) is 5.60. The Hall–Kier alpha value is -2.72. The number of aromatic nitrogens is 2. The molecule has 2 aromatic rings. The number of nitrogens with zero attached hydrogens (tertiary/aromatic N) is 3. The van der Waals surface area contributed by atoms with Gasteiger partial charge in [0.25, 0.3) is 0 Å². The topological polar surface area (TPSA) is 111 Å². The lowest BCUT2D eigenvalue weighted by atomic mass is 9.97. The van der Waals surface area contributed by atoms with Gasteiger partial charge in [-0.3, -0.25) is 4.79 Å². The van der Waals surface area contributed by atoms with Crippen LogP contribution in [0.4, 0.5) is 5.82 Å². The smallest absolute Gasteiger partial charge is 0.341 e. The first-order valence-corrected chi connectivity index (χ1v) is 11.7. The summed E-state index contributed by atoms with van der Waals surface area (Å²) in [5, 5.41) is 2.77. The third-order valence-electron chi connectivity index (χ3n) is 5.74. The van der Waals surface area contributed by atoms with Crippen molar-refractivity contribution in [2.45, 2.75) is 38.5 Å². The molecule has 31 heavy (non-hydrogen) atoms. The van der Waals surface area contributed by atoms with E-state index in [0.29, 0.717) is 30.0 Å². The highest BCUT2D eigenvalue weighted by atomic mass is 32.2. The first-order valence-electron chi connectivity index (χ1n) is 10.2. The number of hydrogen-bond acceptors (Lipinski definition) is 6. The third-order valence-corrected chi connectivity index (χ3v) is 7.80. The van der Waals surface area contributed by atoms with Crippen LogP contribution in [-0.2, 0) is 26.6 Å². The summed E-state index contributed by atoms with van der Waals surface area (Å²) in [6, 6.07) is 5.24. The van der Waals surface area contributed by atoms with Crippen molar-refractivity contribution >= 4 is 27.7 Å². The van der Waals surface area contributed by atoms with E-state index in [2.05, 4.69) is 10.3 Å². The molecule has 0 spiro atoms. The largest absolute Gasteiger partial charge is 0.462 e. The van der Waals surface area contributed by atoms with E-state index in [0.717, 1.165) is 0 Å². The van der Waals surface area contributed by atoms with E-state index in [1.807, 2.05) is 0 Å². The van der Waals surface area contributed by atoms with Gasteiger partial charge in [0.15, 0.2) is 0 Å². The SMILES string of the molecule is CCOC(=O)c1c(S(=O)(=O)N2CCC(C(=O)Nc3ccccn3)CC2)c(C)n(C)c1C. The van der Waals surface area contributed by atoms with E-state index >= 15 is 0 Å². The minimum atomic E-state index is -3.93. The van der Waals surface area contributed by atoms with Gasteiger partial charge in [-0.25, -0.2) is 18.2 Å². The molecule has 1 aliphatic rings. The molecular weight excluding hydrogens is 420 g/mol. The number of carbonyl (C=O) groups is 2. The summed E-state index contributed by atoms with van der Waals surface area (Å²) >= 11 is 0. The molecule has 0 aromatic carbocycles. The third kappa shape index (κ3) is 4.49. The highest BCUT2D eigenvalue weighted by Gasteiger charge is 2.38. The Morgan fingerprint density at radius 2 is 1.87 bits per heavy atom. The number of ether oxygens (including phenoxy) is 1. The molecule has 1 fully saturated rings. The molecule has 1 aliphatic heterocycles. The molecule has 168 valence electrons. The summed E-state index contributed by atoms with van der Waals surface area (Å²) in [6.07, 6.45) is 2.37. The molecule has 0 unspecified atom stereocenters. The van der Waals surface area contributed by atoms with E-state index in [-0.39, 0.29) is 42.0 Å². The molecule has 3 rings (SSSR count). The Morgan fingerprint density at radius 3 is 2.45 bits per heavy atom. The number of piperidine rings is 1. The maximum absolute atomic E-state index is 13.5. The van der Waals surface area contributed by atoms with Gasteiger partial charge in [0.05, 0.1) is 6.61 Å². The van der Waals surface area contributed by atoms with Crippen molar-refractivity contribution in [2.24, 2.45) is 13.0 Å². The standard InChI is InChI=1S/C21H28N4O5S/c1-5-30-21(27)18-14(2)24(4)15(3)19(18)31(28,29)25-12-9-16(10-13-25)20(26)23-17-8-6-7-11-22-17/h6-8,11,16H,5,9-10,12-13H2,1-4H3,(H,22,23,26). The zero-order valence-corrected chi connectivity index (χ0v) is 19.0. The normalized spacial score (nSPS) is 15.6. The average Bonchev–Trinajstić information content (AvgIpc) is 2.99. The molecule has 0 atom stereocenters. The predicted molar refractivity (Wildman–Crippen MR) is 115 cm³/mol. The Kier molecular flexibility index (Phi) is 6.80. The number of esters is 1. The molecular formula is C21H28N4O5S. The summed E-state index contributed by atoms with van der Waals surface area (Å²) in [5.41, 5.74) is 1.10. The summed E-state index contributed by atoms with van der Waals surface area (Å²) in [7, 11) is -2.21. The van der Waals surface area contributed by atoms with Gasteiger partial charge in [-0.05, 0) is 45.7 Å². The maximum atomic E-state index is 13.5. The Bertz CT molecular complexity index is 1070. The molecule has 9 nitrogen and oxygen atoms in total. The molecule has 3 heterocycles. The molecule has 2 aromatic heterocycles. The minimum Gasteiger partial charge on any atom is -0.462 e. The van der Waals surface area contributed by atoms with Crippen LogP contribution >= 0.6 is 0 Å². The van der Waals surface area contributed by atoms with Crippen molar-refractivity contribution in [1.29, 1.82) is 0 Å². The second-order valence-corrected chi connectivity index (χ2v) is 9.41. The Morgan fingerprint density at radius 1 is 1.19 bits per heavy atom. The number of pyridine rings is 1. The zero-order chi connectivity index (χ0) is 22.8. The van der Waals surface area contributed by atoms with E-state index in [1.54, 1.807) is 56.8 Å². The van der Waals surface area contributed by atoms with Crippen molar-refractivity contribution in [2.75, 3.05) is 25.0 Å². The predicted octanol–water partition coefficient (Wildman–Crippen LogP) is 2.25. The number of amides is 1. The number of anilines is 1. The molecule has 10 heteroatoms. The fourth-order valence-electron chi connectivity index (χ4n) is 3.83. The van der Waals surface area contributed by atoms with Gasteiger partial charge in [0, 0.05) is 43.6 Å². The number of rotatable bonds is 6. The lowest BCUT2D eigenvalue weighted by Gasteiger charge is -2.30. The van der Waals surface area contributed by atoms with Crippen LogP contribution in [0.2, 0.25) is 0 Å². The van der Waals surface area contributed by atoms with Crippen LogP contribution in [0.1, 0.15) is 41.5 Å². The van der Waals surface area contributed by atoms with E-state index in [4.69, 9.17) is 4.74 Å². The van der Waals surface area contributed by atoms with Gasteiger partial charge in [0.1, 0.15) is 16.3 Å². The fourth-order valence-corrected chi connectivity index (χ4v) is 5.78. The highest BCUT2D eigenvalue weighted by molar-refractivity contribution is 7.89. The van der Waals surface area contributed by atoms with E-state index in [1.165, 1.54) is 4.31 Å². The highest BCUT2D eigenvalue weighted by Crippen LogP contribution is 2.32.